The lowest BCUT2D eigenvalue weighted by Gasteiger charge is -2.10. The van der Waals surface area contributed by atoms with Gasteiger partial charge in [-0.05, 0) is 17.2 Å². The van der Waals surface area contributed by atoms with E-state index in [2.05, 4.69) is 26.8 Å². The number of allylic oxidation sites excluding steroid dienone is 2. The Hall–Kier alpha value is 0.0900. The summed E-state index contributed by atoms with van der Waals surface area (Å²) in [6.07, 6.45) is 2.34. The van der Waals surface area contributed by atoms with E-state index in [1.54, 1.807) is 0 Å². The molecule has 0 saturated heterocycles. The van der Waals surface area contributed by atoms with Crippen LogP contribution in [0.25, 0.3) is 0 Å². The van der Waals surface area contributed by atoms with E-state index in [4.69, 9.17) is 0 Å². The van der Waals surface area contributed by atoms with Crippen molar-refractivity contribution in [1.82, 2.24) is 0 Å². The first-order chi connectivity index (χ1) is 3.60. The Morgan fingerprint density at radius 2 is 2.25 bits per heavy atom. The van der Waals surface area contributed by atoms with Crippen LogP contribution in [0.2, 0.25) is 0 Å². The first kappa shape index (κ1) is 6.21. The summed E-state index contributed by atoms with van der Waals surface area (Å²) in [4.78, 5) is 1.48. The predicted molar refractivity (Wildman–Crippen MR) is 40.0 cm³/mol. The highest BCUT2D eigenvalue weighted by Crippen LogP contribution is 2.36. The third kappa shape index (κ3) is 1.28. The van der Waals surface area contributed by atoms with Gasteiger partial charge in [0.05, 0.1) is 0 Å². The Bertz CT molecular complexity index is 122. The molecule has 1 aliphatic rings. The molecule has 1 aliphatic heterocycles. The minimum Gasteiger partial charge on any atom is -0.130 e. The first-order valence-electron chi connectivity index (χ1n) is 2.92. The molecule has 0 spiro atoms. The second-order valence-electron chi connectivity index (χ2n) is 3.03. The van der Waals surface area contributed by atoms with Crippen molar-refractivity contribution in [3.8, 4) is 0 Å². The van der Waals surface area contributed by atoms with Gasteiger partial charge in [-0.25, -0.2) is 0 Å². The van der Waals surface area contributed by atoms with Crippen molar-refractivity contribution < 1.29 is 0 Å². The van der Waals surface area contributed by atoms with Gasteiger partial charge in [0, 0.05) is 5.75 Å². The minimum absolute atomic E-state index is 0.467. The molecule has 0 aliphatic carbocycles. The van der Waals surface area contributed by atoms with Crippen LogP contribution in [0.15, 0.2) is 11.0 Å². The van der Waals surface area contributed by atoms with E-state index in [0.717, 1.165) is 0 Å². The van der Waals surface area contributed by atoms with Crippen LogP contribution in [0, 0.1) is 5.41 Å². The molecule has 0 saturated carbocycles. The molecule has 0 N–H and O–H groups in total. The van der Waals surface area contributed by atoms with Crippen molar-refractivity contribution in [2.75, 3.05) is 5.75 Å². The van der Waals surface area contributed by atoms with Gasteiger partial charge in [-0.3, -0.25) is 0 Å². The van der Waals surface area contributed by atoms with Crippen LogP contribution in [0.3, 0.4) is 0 Å². The molecule has 0 aromatic carbocycles. The fraction of sp³-hybridized carbons (Fsp3) is 0.714. The highest BCUT2D eigenvalue weighted by atomic mass is 32.2. The Morgan fingerprint density at radius 3 is 2.38 bits per heavy atom. The predicted octanol–water partition coefficient (Wildman–Crippen LogP) is 2.66. The van der Waals surface area contributed by atoms with Gasteiger partial charge in [-0.1, -0.05) is 19.9 Å². The molecule has 0 fully saturated rings. The van der Waals surface area contributed by atoms with Gasteiger partial charge < -0.3 is 0 Å². The van der Waals surface area contributed by atoms with Crippen molar-refractivity contribution in [1.29, 1.82) is 0 Å². The zero-order chi connectivity index (χ0) is 6.20. The number of hydrogen-bond donors (Lipinski definition) is 0. The monoisotopic (exact) mass is 128 g/mol. The normalized spacial score (nSPS) is 25.6. The standard InChI is InChI=1S/C7H12S/c1-6-4-7(2,3)5-8-6/h4H,5H2,1-3H3. The molecule has 0 amide bonds. The lowest BCUT2D eigenvalue weighted by molar-refractivity contribution is 0.563. The Balaban J connectivity index is 2.67. The summed E-state index contributed by atoms with van der Waals surface area (Å²) in [5.74, 6) is 1.26. The van der Waals surface area contributed by atoms with Crippen molar-refractivity contribution in [2.45, 2.75) is 20.8 Å². The number of rotatable bonds is 0. The molecule has 0 nitrogen and oxygen atoms in total. The summed E-state index contributed by atoms with van der Waals surface area (Å²) in [5.41, 5.74) is 0.467. The van der Waals surface area contributed by atoms with Crippen LogP contribution < -0.4 is 0 Å². The molecule has 0 radical (unpaired) electrons. The molecule has 1 heterocycles. The quantitative estimate of drug-likeness (QED) is 0.483. The summed E-state index contributed by atoms with van der Waals surface area (Å²) in [7, 11) is 0. The molecule has 46 valence electrons. The van der Waals surface area contributed by atoms with Gasteiger partial charge >= 0.3 is 0 Å². The summed E-state index contributed by atoms with van der Waals surface area (Å²) in [6.45, 7) is 6.73. The summed E-state index contributed by atoms with van der Waals surface area (Å²) in [6, 6.07) is 0. The van der Waals surface area contributed by atoms with Crippen molar-refractivity contribution in [3.05, 3.63) is 11.0 Å². The third-order valence-corrected chi connectivity index (χ3v) is 2.73. The molecule has 0 unspecified atom stereocenters. The summed E-state index contributed by atoms with van der Waals surface area (Å²) >= 11 is 1.97. The average molecular weight is 128 g/mol. The van der Waals surface area contributed by atoms with Gasteiger partial charge in [0.15, 0.2) is 0 Å². The zero-order valence-electron chi connectivity index (χ0n) is 5.69. The summed E-state index contributed by atoms with van der Waals surface area (Å²) in [5, 5.41) is 0. The molecule has 0 aromatic rings. The van der Waals surface area contributed by atoms with Crippen LogP contribution in [0.4, 0.5) is 0 Å². The molecule has 0 atom stereocenters. The van der Waals surface area contributed by atoms with E-state index in [1.165, 1.54) is 10.7 Å². The fourth-order valence-electron chi connectivity index (χ4n) is 0.933. The smallest absolute Gasteiger partial charge is 0.00630 e. The van der Waals surface area contributed by atoms with E-state index in [9.17, 15) is 0 Å². The zero-order valence-corrected chi connectivity index (χ0v) is 6.51. The van der Waals surface area contributed by atoms with Crippen LogP contribution >= 0.6 is 11.8 Å². The fourth-order valence-corrected chi connectivity index (χ4v) is 2.02. The number of thioether (sulfide) groups is 1. The van der Waals surface area contributed by atoms with E-state index < -0.39 is 0 Å². The molecule has 8 heavy (non-hydrogen) atoms. The highest BCUT2D eigenvalue weighted by molar-refractivity contribution is 8.03. The van der Waals surface area contributed by atoms with Gasteiger partial charge in [-0.2, -0.15) is 0 Å². The van der Waals surface area contributed by atoms with Crippen LogP contribution in [0.1, 0.15) is 20.8 Å². The first-order valence-corrected chi connectivity index (χ1v) is 3.91. The largest absolute Gasteiger partial charge is 0.130 e. The maximum Gasteiger partial charge on any atom is 0.00630 e. The lowest BCUT2D eigenvalue weighted by Crippen LogP contribution is -2.05. The average Bonchev–Trinajstić information content (AvgIpc) is 1.82. The van der Waals surface area contributed by atoms with Crippen LogP contribution in [0.5, 0.6) is 0 Å². The third-order valence-electron chi connectivity index (χ3n) is 1.27. The maximum absolute atomic E-state index is 2.34. The van der Waals surface area contributed by atoms with Crippen molar-refractivity contribution >= 4 is 11.8 Å². The van der Waals surface area contributed by atoms with Gasteiger partial charge in [0.2, 0.25) is 0 Å². The van der Waals surface area contributed by atoms with Gasteiger partial charge in [0.1, 0.15) is 0 Å². The SMILES string of the molecule is CC1=CC(C)(C)CS1. The maximum atomic E-state index is 2.34. The molecule has 1 heteroatoms. The minimum atomic E-state index is 0.467. The topological polar surface area (TPSA) is 0 Å². The van der Waals surface area contributed by atoms with Crippen LogP contribution in [-0.4, -0.2) is 5.75 Å². The molecular weight excluding hydrogens is 116 g/mol. The molecule has 0 bridgehead atoms. The highest BCUT2D eigenvalue weighted by Gasteiger charge is 2.20. The number of hydrogen-bond acceptors (Lipinski definition) is 1. The Labute approximate surface area is 55.4 Å². The van der Waals surface area contributed by atoms with Crippen molar-refractivity contribution in [2.24, 2.45) is 5.41 Å². The van der Waals surface area contributed by atoms with Gasteiger partial charge in [-0.15, -0.1) is 11.8 Å². The second kappa shape index (κ2) is 1.80. The Morgan fingerprint density at radius 1 is 1.62 bits per heavy atom. The van der Waals surface area contributed by atoms with Crippen LogP contribution in [-0.2, 0) is 0 Å². The van der Waals surface area contributed by atoms with Crippen molar-refractivity contribution in [3.63, 3.8) is 0 Å². The van der Waals surface area contributed by atoms with E-state index in [0.29, 0.717) is 5.41 Å². The molecule has 1 rings (SSSR count). The van der Waals surface area contributed by atoms with Gasteiger partial charge in [0.25, 0.3) is 0 Å². The van der Waals surface area contributed by atoms with E-state index in [1.807, 2.05) is 11.8 Å². The van der Waals surface area contributed by atoms with E-state index in [-0.39, 0.29) is 0 Å². The van der Waals surface area contributed by atoms with E-state index >= 15 is 0 Å². The molecule has 0 aromatic heterocycles. The Kier molecular flexibility index (Phi) is 1.40. The lowest BCUT2D eigenvalue weighted by atomic mass is 9.97. The molecular formula is C7H12S. The second-order valence-corrected chi connectivity index (χ2v) is 4.25. The summed E-state index contributed by atoms with van der Waals surface area (Å²) < 4.78 is 0.